The molecule has 1 N–H and O–H groups in total. The van der Waals surface area contributed by atoms with E-state index in [4.69, 9.17) is 0 Å². The van der Waals surface area contributed by atoms with Crippen molar-refractivity contribution in [1.82, 2.24) is 10.2 Å². The predicted molar refractivity (Wildman–Crippen MR) is 160 cm³/mol. The molecular weight excluding hydrogens is 578 g/mol. The van der Waals surface area contributed by atoms with Gasteiger partial charge in [0.25, 0.3) is 0 Å². The van der Waals surface area contributed by atoms with Gasteiger partial charge in [-0.25, -0.2) is 8.42 Å². The smallest absolute Gasteiger partial charge is 0.244 e. The lowest BCUT2D eigenvalue weighted by molar-refractivity contribution is -0.140. The van der Waals surface area contributed by atoms with Gasteiger partial charge in [-0.2, -0.15) is 0 Å². The number of amides is 2. The normalized spacial score (nSPS) is 12.2. The van der Waals surface area contributed by atoms with E-state index >= 15 is 0 Å². The summed E-state index contributed by atoms with van der Waals surface area (Å²) in [5.41, 5.74) is 2.98. The van der Waals surface area contributed by atoms with Gasteiger partial charge in [-0.05, 0) is 55.2 Å². The highest BCUT2D eigenvalue weighted by molar-refractivity contribution is 9.10. The van der Waals surface area contributed by atoms with Crippen LogP contribution in [0.1, 0.15) is 37.5 Å². The first-order valence-corrected chi connectivity index (χ1v) is 15.6. The fraction of sp³-hybridized carbons (Fsp3) is 0.333. The van der Waals surface area contributed by atoms with E-state index in [-0.39, 0.29) is 24.9 Å². The van der Waals surface area contributed by atoms with Crippen LogP contribution in [-0.4, -0.2) is 50.0 Å². The summed E-state index contributed by atoms with van der Waals surface area (Å²) in [6, 6.07) is 23.2. The summed E-state index contributed by atoms with van der Waals surface area (Å²) in [6.45, 7) is 5.38. The van der Waals surface area contributed by atoms with Crippen LogP contribution < -0.4 is 9.62 Å². The van der Waals surface area contributed by atoms with E-state index in [1.54, 1.807) is 12.1 Å². The van der Waals surface area contributed by atoms with Crippen molar-refractivity contribution in [3.8, 4) is 0 Å². The zero-order valence-electron chi connectivity index (χ0n) is 22.8. The van der Waals surface area contributed by atoms with Crippen LogP contribution in [0.25, 0.3) is 0 Å². The van der Waals surface area contributed by atoms with Gasteiger partial charge in [0.05, 0.1) is 11.9 Å². The Morgan fingerprint density at radius 3 is 2.18 bits per heavy atom. The van der Waals surface area contributed by atoms with Crippen molar-refractivity contribution in [1.29, 1.82) is 0 Å². The zero-order chi connectivity index (χ0) is 28.6. The van der Waals surface area contributed by atoms with E-state index in [1.807, 2.05) is 87.5 Å². The third-order valence-corrected chi connectivity index (χ3v) is 7.88. The molecule has 0 aromatic heterocycles. The van der Waals surface area contributed by atoms with Crippen LogP contribution in [0.15, 0.2) is 83.3 Å². The Morgan fingerprint density at radius 1 is 0.923 bits per heavy atom. The molecule has 3 rings (SSSR count). The molecule has 2 amide bonds. The molecule has 0 aliphatic carbocycles. The Morgan fingerprint density at radius 2 is 1.56 bits per heavy atom. The Bertz CT molecular complexity index is 1380. The molecule has 0 radical (unpaired) electrons. The van der Waals surface area contributed by atoms with Crippen LogP contribution >= 0.6 is 15.9 Å². The van der Waals surface area contributed by atoms with E-state index in [0.29, 0.717) is 12.1 Å². The minimum Gasteiger partial charge on any atom is -0.352 e. The maximum atomic E-state index is 14.1. The number of carbonyl (C=O) groups is 2. The molecule has 3 aromatic rings. The van der Waals surface area contributed by atoms with Crippen molar-refractivity contribution in [2.45, 2.75) is 52.2 Å². The highest BCUT2D eigenvalue weighted by atomic mass is 79.9. The molecule has 1 atom stereocenters. The number of hydrogen-bond donors (Lipinski definition) is 1. The number of benzene rings is 3. The second-order valence-corrected chi connectivity index (χ2v) is 12.6. The van der Waals surface area contributed by atoms with Gasteiger partial charge in [-0.1, -0.05) is 83.5 Å². The summed E-state index contributed by atoms with van der Waals surface area (Å²) in [4.78, 5) is 29.2. The van der Waals surface area contributed by atoms with Crippen LogP contribution in [-0.2, 0) is 39.0 Å². The molecular formula is C30H36BrN3O4S. The molecule has 0 bridgehead atoms. The van der Waals surface area contributed by atoms with Gasteiger partial charge >= 0.3 is 0 Å². The highest BCUT2D eigenvalue weighted by Crippen LogP contribution is 2.25. The number of nitrogens with zero attached hydrogens (tertiary/aromatic N) is 2. The molecule has 0 aliphatic rings. The number of anilines is 1. The van der Waals surface area contributed by atoms with Crippen molar-refractivity contribution in [3.63, 3.8) is 0 Å². The lowest BCUT2D eigenvalue weighted by Crippen LogP contribution is -2.54. The number of sulfonamides is 1. The van der Waals surface area contributed by atoms with Crippen LogP contribution in [0.2, 0.25) is 0 Å². The Kier molecular flexibility index (Phi) is 10.7. The topological polar surface area (TPSA) is 86.8 Å². The maximum absolute atomic E-state index is 14.1. The van der Waals surface area contributed by atoms with Gasteiger partial charge in [-0.15, -0.1) is 0 Å². The Balaban J connectivity index is 2.08. The third-order valence-electron chi connectivity index (χ3n) is 6.26. The predicted octanol–water partition coefficient (Wildman–Crippen LogP) is 4.94. The quantitative estimate of drug-likeness (QED) is 0.313. The minimum atomic E-state index is -3.80. The molecule has 0 fully saturated rings. The minimum absolute atomic E-state index is 0.133. The van der Waals surface area contributed by atoms with E-state index in [2.05, 4.69) is 21.2 Å². The summed E-state index contributed by atoms with van der Waals surface area (Å²) >= 11 is 3.48. The summed E-state index contributed by atoms with van der Waals surface area (Å²) in [6.07, 6.45) is 1.98. The Labute approximate surface area is 240 Å². The van der Waals surface area contributed by atoms with Gasteiger partial charge in [0.15, 0.2) is 0 Å². The number of halogens is 1. The average molecular weight is 615 g/mol. The van der Waals surface area contributed by atoms with Crippen LogP contribution in [0.4, 0.5) is 5.69 Å². The molecule has 208 valence electrons. The SMILES string of the molecule is CCc1ccccc1N(CC(=O)N(Cc1cccc(Br)c1)[C@H](Cc1ccccc1)C(=O)NC(C)C)S(C)(=O)=O. The first-order valence-electron chi connectivity index (χ1n) is 12.9. The number of para-hydroxylation sites is 1. The van der Waals surface area contributed by atoms with E-state index in [1.165, 1.54) is 4.90 Å². The molecule has 9 heteroatoms. The van der Waals surface area contributed by atoms with Crippen molar-refractivity contribution in [3.05, 3.63) is 100 Å². The fourth-order valence-electron chi connectivity index (χ4n) is 4.41. The van der Waals surface area contributed by atoms with E-state index in [0.717, 1.165) is 31.7 Å². The van der Waals surface area contributed by atoms with Gasteiger partial charge in [0.1, 0.15) is 12.6 Å². The van der Waals surface area contributed by atoms with Gasteiger partial charge in [-0.3, -0.25) is 13.9 Å². The second-order valence-electron chi connectivity index (χ2n) is 9.77. The summed E-state index contributed by atoms with van der Waals surface area (Å²) in [5.74, 6) is -0.761. The summed E-state index contributed by atoms with van der Waals surface area (Å²) in [7, 11) is -3.80. The summed E-state index contributed by atoms with van der Waals surface area (Å²) < 4.78 is 27.9. The van der Waals surface area contributed by atoms with Gasteiger partial charge in [0, 0.05) is 23.5 Å². The molecule has 0 heterocycles. The molecule has 7 nitrogen and oxygen atoms in total. The average Bonchev–Trinajstić information content (AvgIpc) is 2.88. The molecule has 0 saturated carbocycles. The number of carbonyl (C=O) groups excluding carboxylic acids is 2. The standard InChI is InChI=1S/C30H36BrN3O4S/c1-5-25-15-9-10-17-27(25)34(39(4,37)38)21-29(35)33(20-24-14-11-16-26(31)18-24)28(30(36)32-22(2)3)19-23-12-7-6-8-13-23/h6-18,22,28H,5,19-21H2,1-4H3,(H,32,36)/t28-/m1/s1. The lowest BCUT2D eigenvalue weighted by Gasteiger charge is -2.34. The maximum Gasteiger partial charge on any atom is 0.244 e. The zero-order valence-corrected chi connectivity index (χ0v) is 25.2. The van der Waals surface area contributed by atoms with E-state index < -0.39 is 28.5 Å². The number of rotatable bonds is 12. The Hall–Kier alpha value is -3.17. The molecule has 0 spiro atoms. The largest absolute Gasteiger partial charge is 0.352 e. The monoisotopic (exact) mass is 613 g/mol. The first-order chi connectivity index (χ1) is 18.5. The van der Waals surface area contributed by atoms with Crippen LogP contribution in [0, 0.1) is 0 Å². The number of nitrogens with one attached hydrogen (secondary N) is 1. The van der Waals surface area contributed by atoms with Crippen molar-refractivity contribution >= 4 is 43.5 Å². The van der Waals surface area contributed by atoms with Gasteiger partial charge < -0.3 is 10.2 Å². The third kappa shape index (κ3) is 8.66. The highest BCUT2D eigenvalue weighted by Gasteiger charge is 2.33. The molecule has 3 aromatic carbocycles. The van der Waals surface area contributed by atoms with Crippen LogP contribution in [0.5, 0.6) is 0 Å². The molecule has 39 heavy (non-hydrogen) atoms. The fourth-order valence-corrected chi connectivity index (χ4v) is 5.74. The van der Waals surface area contributed by atoms with Crippen molar-refractivity contribution < 1.29 is 18.0 Å². The second kappa shape index (κ2) is 13.8. The first kappa shape index (κ1) is 30.4. The summed E-state index contributed by atoms with van der Waals surface area (Å²) in [5, 5.41) is 2.96. The molecule has 0 aliphatic heterocycles. The van der Waals surface area contributed by atoms with E-state index in [9.17, 15) is 18.0 Å². The van der Waals surface area contributed by atoms with Crippen molar-refractivity contribution in [2.24, 2.45) is 0 Å². The lowest BCUT2D eigenvalue weighted by atomic mass is 10.0. The van der Waals surface area contributed by atoms with Gasteiger partial charge in [0.2, 0.25) is 21.8 Å². The van der Waals surface area contributed by atoms with Crippen LogP contribution in [0.3, 0.4) is 0 Å². The molecule has 0 saturated heterocycles. The molecule has 0 unspecified atom stereocenters. The van der Waals surface area contributed by atoms with Crippen molar-refractivity contribution in [2.75, 3.05) is 17.1 Å². The number of hydrogen-bond acceptors (Lipinski definition) is 4. The number of aryl methyl sites for hydroxylation is 1.